The van der Waals surface area contributed by atoms with Gasteiger partial charge in [0.1, 0.15) is 17.1 Å². The Bertz CT molecular complexity index is 2890. The number of rotatable bonds is 10. The number of pyridine rings is 2. The van der Waals surface area contributed by atoms with E-state index < -0.39 is 11.9 Å². The summed E-state index contributed by atoms with van der Waals surface area (Å²) in [6.07, 6.45) is 0. The summed E-state index contributed by atoms with van der Waals surface area (Å²) in [4.78, 5) is 47.9. The van der Waals surface area contributed by atoms with Crippen LogP contribution >= 0.6 is 0 Å². The van der Waals surface area contributed by atoms with Gasteiger partial charge >= 0.3 is 11.9 Å². The summed E-state index contributed by atoms with van der Waals surface area (Å²) in [5, 5.41) is 40.5. The number of hydrogen-bond donors (Lipinski definition) is 5. The van der Waals surface area contributed by atoms with Crippen LogP contribution in [0.3, 0.4) is 0 Å². The van der Waals surface area contributed by atoms with Gasteiger partial charge in [-0.05, 0) is 79.2 Å². The molecule has 8 rings (SSSR count). The van der Waals surface area contributed by atoms with E-state index in [0.717, 1.165) is 16.5 Å². The number of aromatic nitrogens is 2. The number of nitrogens with one attached hydrogen (secondary N) is 2. The molecule has 0 saturated heterocycles. The van der Waals surface area contributed by atoms with E-state index in [1.54, 1.807) is 18.2 Å². The molecule has 0 spiro atoms. The molecule has 3 heterocycles. The Hall–Kier alpha value is -7.47. The summed E-state index contributed by atoms with van der Waals surface area (Å²) in [5.41, 5.74) is 4.31. The Labute approximate surface area is 312 Å². The predicted molar refractivity (Wildman–Crippen MR) is 210 cm³/mol. The van der Waals surface area contributed by atoms with Gasteiger partial charge in [0.2, 0.25) is 5.88 Å². The summed E-state index contributed by atoms with van der Waals surface area (Å²) in [7, 11) is 1.53. The number of nitrogens with zero attached hydrogens (tertiary/aromatic N) is 2. The minimum absolute atomic E-state index is 0.00376. The number of fused-ring (bicyclic) bond motifs is 4. The number of phenols is 1. The number of carboxylic acids is 2. The Kier molecular flexibility index (Phi) is 8.70. The van der Waals surface area contributed by atoms with Crippen molar-refractivity contribution in [2.75, 3.05) is 17.7 Å². The number of methoxy groups -OCH3 is 1. The summed E-state index contributed by atoms with van der Waals surface area (Å²) in [6.45, 7) is 1.90. The highest BCUT2D eigenvalue weighted by atomic mass is 16.5. The lowest BCUT2D eigenvalue weighted by Gasteiger charge is -2.21. The minimum atomic E-state index is -1.28. The molecule has 0 fully saturated rings. The van der Waals surface area contributed by atoms with Crippen LogP contribution in [0.1, 0.15) is 37.5 Å². The van der Waals surface area contributed by atoms with Gasteiger partial charge in [-0.1, -0.05) is 30.3 Å². The highest BCUT2D eigenvalue weighted by Gasteiger charge is 2.27. The predicted octanol–water partition coefficient (Wildman–Crippen LogP) is 8.30. The van der Waals surface area contributed by atoms with Crippen LogP contribution in [0.25, 0.3) is 55.2 Å². The second kappa shape index (κ2) is 13.8. The van der Waals surface area contributed by atoms with Crippen molar-refractivity contribution < 1.29 is 34.1 Å². The van der Waals surface area contributed by atoms with E-state index in [1.165, 1.54) is 37.4 Å². The zero-order valence-electron chi connectivity index (χ0n) is 29.5. The largest absolute Gasteiger partial charge is 0.507 e. The molecule has 0 atom stereocenters. The van der Waals surface area contributed by atoms with Gasteiger partial charge in [0.05, 0.1) is 51.8 Å². The lowest BCUT2D eigenvalue weighted by atomic mass is 9.87. The Morgan fingerprint density at radius 3 is 2.13 bits per heavy atom. The first-order valence-corrected chi connectivity index (χ1v) is 17.2. The van der Waals surface area contributed by atoms with Crippen LogP contribution in [-0.4, -0.2) is 44.3 Å². The minimum Gasteiger partial charge on any atom is -0.507 e. The smallest absolute Gasteiger partial charge is 0.336 e. The number of aryl methyl sites for hydroxylation is 1. The number of hydrogen-bond acceptors (Lipinski definition) is 10. The molecule has 0 saturated carbocycles. The lowest BCUT2D eigenvalue weighted by molar-refractivity contribution is 0.0682. The molecule has 1 aliphatic carbocycles. The van der Waals surface area contributed by atoms with Crippen LogP contribution in [0.5, 0.6) is 11.6 Å². The fourth-order valence-electron chi connectivity index (χ4n) is 6.94. The summed E-state index contributed by atoms with van der Waals surface area (Å²) in [5.74, 6) is -2.11. The average molecular weight is 733 g/mol. The zero-order chi connectivity index (χ0) is 38.4. The molecule has 12 nitrogen and oxygen atoms in total. The summed E-state index contributed by atoms with van der Waals surface area (Å²) in [6, 6.07) is 28.6. The third-order valence-corrected chi connectivity index (χ3v) is 9.64. The highest BCUT2D eigenvalue weighted by Crippen LogP contribution is 2.45. The van der Waals surface area contributed by atoms with Crippen LogP contribution in [0.15, 0.2) is 112 Å². The number of benzene rings is 5. The van der Waals surface area contributed by atoms with E-state index in [1.807, 2.05) is 61.5 Å². The third-order valence-electron chi connectivity index (χ3n) is 9.64. The van der Waals surface area contributed by atoms with Gasteiger partial charge in [0.25, 0.3) is 0 Å². The molecular formula is C43H32N4O8. The molecule has 2 aliphatic rings. The number of aromatic hydroxyl groups is 1. The van der Waals surface area contributed by atoms with Gasteiger partial charge in [-0.25, -0.2) is 14.6 Å². The van der Waals surface area contributed by atoms with Gasteiger partial charge in [0.15, 0.2) is 5.43 Å². The molecule has 0 unspecified atom stereocenters. The van der Waals surface area contributed by atoms with Crippen LogP contribution in [0, 0.1) is 6.92 Å². The lowest BCUT2D eigenvalue weighted by Crippen LogP contribution is -2.15. The second-order valence-corrected chi connectivity index (χ2v) is 13.0. The number of carboxylic acid groups (broad SMARTS) is 2. The van der Waals surface area contributed by atoms with Crippen molar-refractivity contribution in [1.82, 2.24) is 9.97 Å². The molecule has 2 aromatic heterocycles. The Balaban J connectivity index is 1.35. The van der Waals surface area contributed by atoms with Gasteiger partial charge in [-0.3, -0.25) is 9.78 Å². The van der Waals surface area contributed by atoms with Crippen LogP contribution in [0.2, 0.25) is 0 Å². The maximum atomic E-state index is 13.7. The number of para-hydroxylation sites is 2. The van der Waals surface area contributed by atoms with Crippen molar-refractivity contribution in [1.29, 1.82) is 0 Å². The highest BCUT2D eigenvalue weighted by molar-refractivity contribution is 6.10. The van der Waals surface area contributed by atoms with Crippen LogP contribution in [0.4, 0.5) is 11.4 Å². The van der Waals surface area contributed by atoms with Crippen molar-refractivity contribution in [2.24, 2.45) is 0 Å². The monoisotopic (exact) mass is 732 g/mol. The Morgan fingerprint density at radius 1 is 0.745 bits per heavy atom. The van der Waals surface area contributed by atoms with E-state index in [2.05, 4.69) is 15.6 Å². The van der Waals surface area contributed by atoms with Crippen molar-refractivity contribution in [3.05, 3.63) is 141 Å². The quantitative estimate of drug-likeness (QED) is 0.0849. The van der Waals surface area contributed by atoms with Crippen LogP contribution in [-0.2, 0) is 13.1 Å². The number of ether oxygens (including phenoxy) is 1. The van der Waals surface area contributed by atoms with Gasteiger partial charge in [-0.15, -0.1) is 0 Å². The number of anilines is 2. The fourth-order valence-corrected chi connectivity index (χ4v) is 6.94. The molecule has 0 bridgehead atoms. The molecule has 1 aliphatic heterocycles. The maximum Gasteiger partial charge on any atom is 0.336 e. The average Bonchev–Trinajstić information content (AvgIpc) is 3.18. The van der Waals surface area contributed by atoms with Gasteiger partial charge in [0, 0.05) is 52.1 Å². The van der Waals surface area contributed by atoms with E-state index in [9.17, 15) is 29.7 Å². The van der Waals surface area contributed by atoms with Gasteiger partial charge < -0.3 is 35.1 Å². The standard InChI is InChI=1S/C43H32N4O8/c1-22-9-10-23-5-3-7-32(38(23)46-22)44-20-30-34(48)16-14-27-37(29-19-25(42(50)51)11-13-26(29)43(52)53)28-15-17-35(49)31(41(28)55-40(27)30)21-45-33-8-4-6-24-12-18-36(54-2)47-39(24)33/h3-19,44-45,49H,20-21H2,1-2H3,(H,50,51)(H,52,53). The second-order valence-electron chi connectivity index (χ2n) is 13.0. The topological polar surface area (TPSA) is 184 Å². The zero-order valence-corrected chi connectivity index (χ0v) is 29.5. The SMILES string of the molecule is COc1ccc2cccc(NCc3c(O)ccc4c(-c5cc(C(=O)O)ccc5C(=O)O)c5ccc(=O)c(CNc6cccc7ccc(C)nc67)c-5oc34)c2n1. The normalized spacial score (nSPS) is 11.3. The molecule has 5 N–H and O–H groups in total. The van der Waals surface area contributed by atoms with E-state index in [0.29, 0.717) is 50.4 Å². The maximum absolute atomic E-state index is 13.7. The number of aromatic carboxylic acids is 2. The van der Waals surface area contributed by atoms with Crippen molar-refractivity contribution >= 4 is 56.1 Å². The first-order valence-electron chi connectivity index (χ1n) is 17.2. The molecule has 0 radical (unpaired) electrons. The van der Waals surface area contributed by atoms with Crippen molar-refractivity contribution in [2.45, 2.75) is 20.0 Å². The Morgan fingerprint density at radius 2 is 1.44 bits per heavy atom. The van der Waals surface area contributed by atoms with E-state index in [4.69, 9.17) is 14.1 Å². The van der Waals surface area contributed by atoms with E-state index in [-0.39, 0.29) is 57.9 Å². The van der Waals surface area contributed by atoms with E-state index >= 15 is 0 Å². The molecule has 4 aromatic carbocycles. The fraction of sp³-hybridized carbons (Fsp3) is 0.0930. The molecule has 55 heavy (non-hydrogen) atoms. The van der Waals surface area contributed by atoms with Crippen LogP contribution < -0.4 is 20.8 Å². The molecule has 6 aromatic rings. The number of phenolic OH excluding ortho intramolecular Hbond substituents is 1. The van der Waals surface area contributed by atoms with Gasteiger partial charge in [-0.2, -0.15) is 0 Å². The van der Waals surface area contributed by atoms with Crippen molar-refractivity contribution in [3.63, 3.8) is 0 Å². The molecular weight excluding hydrogens is 700 g/mol. The third kappa shape index (κ3) is 6.25. The summed E-state index contributed by atoms with van der Waals surface area (Å²) < 4.78 is 12.0. The molecule has 272 valence electrons. The molecule has 12 heteroatoms. The first-order chi connectivity index (χ1) is 26.6. The van der Waals surface area contributed by atoms with Crippen molar-refractivity contribution in [3.8, 4) is 34.1 Å². The summed E-state index contributed by atoms with van der Waals surface area (Å²) >= 11 is 0. The first kappa shape index (κ1) is 34.6. The number of carbonyl (C=O) groups is 2. The molecule has 0 amide bonds.